The molecule has 166 valence electrons. The van der Waals surface area contributed by atoms with Gasteiger partial charge in [0.2, 0.25) is 14.9 Å². The highest BCUT2D eigenvalue weighted by Crippen LogP contribution is 2.30. The van der Waals surface area contributed by atoms with E-state index in [1.54, 1.807) is 12.1 Å². The van der Waals surface area contributed by atoms with Crippen molar-refractivity contribution in [3.8, 4) is 5.75 Å². The first-order valence-corrected chi connectivity index (χ1v) is 12.4. The van der Waals surface area contributed by atoms with E-state index < -0.39 is 9.84 Å². The summed E-state index contributed by atoms with van der Waals surface area (Å²) in [5, 5.41) is 12.0. The third kappa shape index (κ3) is 3.91. The zero-order chi connectivity index (χ0) is 23.0. The largest absolute Gasteiger partial charge is 0.494 e. The lowest BCUT2D eigenvalue weighted by atomic mass is 10.2. The first-order chi connectivity index (χ1) is 16.0. The van der Waals surface area contributed by atoms with Crippen LogP contribution in [0.3, 0.4) is 0 Å². The summed E-state index contributed by atoms with van der Waals surface area (Å²) in [6, 6.07) is 21.3. The van der Waals surface area contributed by atoms with E-state index in [-0.39, 0.29) is 15.6 Å². The van der Waals surface area contributed by atoms with Crippen LogP contribution in [0.1, 0.15) is 6.92 Å². The van der Waals surface area contributed by atoms with Crippen LogP contribution in [-0.2, 0) is 9.84 Å². The molecule has 0 saturated heterocycles. The van der Waals surface area contributed by atoms with E-state index >= 15 is 0 Å². The summed E-state index contributed by atoms with van der Waals surface area (Å²) in [7, 11) is -3.93. The van der Waals surface area contributed by atoms with E-state index in [0.717, 1.165) is 21.3 Å². The maximum absolute atomic E-state index is 13.3. The van der Waals surface area contributed by atoms with Gasteiger partial charge in [0.25, 0.3) is 0 Å². The zero-order valence-corrected chi connectivity index (χ0v) is 19.8. The molecular formula is C23H18BrN5O3S. The molecule has 0 radical (unpaired) electrons. The average molecular weight is 524 g/mol. The molecule has 0 atom stereocenters. The van der Waals surface area contributed by atoms with Gasteiger partial charge in [0.1, 0.15) is 11.6 Å². The number of nitrogens with one attached hydrogen (secondary N) is 1. The van der Waals surface area contributed by atoms with Crippen LogP contribution in [0, 0.1) is 0 Å². The van der Waals surface area contributed by atoms with Gasteiger partial charge in [-0.25, -0.2) is 13.4 Å². The van der Waals surface area contributed by atoms with E-state index in [1.807, 2.05) is 55.5 Å². The summed E-state index contributed by atoms with van der Waals surface area (Å²) in [5.41, 5.74) is 1.61. The second-order valence-electron chi connectivity index (χ2n) is 7.15. The molecule has 0 aliphatic rings. The standard InChI is InChI=1S/C23H18BrN5O3S/c1-2-32-17-11-9-16(10-12-17)25-21-19-5-3-4-6-20(19)29-22(26-21)23(27-28-29)33(30,31)18-13-7-15(24)8-14-18/h3-14H,2H2,1H3,(H,25,26). The number of nitrogens with zero attached hydrogens (tertiary/aromatic N) is 4. The zero-order valence-electron chi connectivity index (χ0n) is 17.4. The number of sulfone groups is 1. The molecule has 5 rings (SSSR count). The fraction of sp³-hybridized carbons (Fsp3) is 0.0870. The maximum atomic E-state index is 13.3. The molecule has 33 heavy (non-hydrogen) atoms. The van der Waals surface area contributed by atoms with Gasteiger partial charge >= 0.3 is 0 Å². The predicted molar refractivity (Wildman–Crippen MR) is 129 cm³/mol. The molecule has 0 bridgehead atoms. The lowest BCUT2D eigenvalue weighted by molar-refractivity contribution is 0.340. The van der Waals surface area contributed by atoms with E-state index in [4.69, 9.17) is 4.74 Å². The molecule has 1 N–H and O–H groups in total. The number of fused-ring (bicyclic) bond motifs is 3. The number of ether oxygens (including phenoxy) is 1. The van der Waals surface area contributed by atoms with Crippen LogP contribution in [0.5, 0.6) is 5.75 Å². The second kappa shape index (κ2) is 8.45. The highest BCUT2D eigenvalue weighted by molar-refractivity contribution is 9.10. The summed E-state index contributed by atoms with van der Waals surface area (Å²) >= 11 is 3.33. The van der Waals surface area contributed by atoms with Crippen LogP contribution in [0.15, 0.2) is 87.2 Å². The minimum atomic E-state index is -3.93. The van der Waals surface area contributed by atoms with Gasteiger partial charge in [0, 0.05) is 15.5 Å². The molecule has 0 fully saturated rings. The lowest BCUT2D eigenvalue weighted by Gasteiger charge is -2.11. The van der Waals surface area contributed by atoms with Crippen LogP contribution in [0.2, 0.25) is 0 Å². The normalized spacial score (nSPS) is 11.7. The Morgan fingerprint density at radius 2 is 1.73 bits per heavy atom. The highest BCUT2D eigenvalue weighted by Gasteiger charge is 2.27. The average Bonchev–Trinajstić information content (AvgIpc) is 3.26. The van der Waals surface area contributed by atoms with Gasteiger partial charge in [-0.2, -0.15) is 4.52 Å². The first-order valence-electron chi connectivity index (χ1n) is 10.1. The topological polar surface area (TPSA) is 98.5 Å². The van der Waals surface area contributed by atoms with Crippen molar-refractivity contribution in [3.63, 3.8) is 0 Å². The smallest absolute Gasteiger partial charge is 0.229 e. The van der Waals surface area contributed by atoms with Crippen LogP contribution >= 0.6 is 15.9 Å². The van der Waals surface area contributed by atoms with Crippen molar-refractivity contribution in [3.05, 3.63) is 77.3 Å². The number of hydrogen-bond donors (Lipinski definition) is 1. The van der Waals surface area contributed by atoms with Crippen molar-refractivity contribution in [2.24, 2.45) is 0 Å². The van der Waals surface area contributed by atoms with Crippen LogP contribution in [0.25, 0.3) is 16.6 Å². The van der Waals surface area contributed by atoms with E-state index in [1.165, 1.54) is 16.6 Å². The molecule has 0 saturated carbocycles. The van der Waals surface area contributed by atoms with E-state index in [9.17, 15) is 8.42 Å². The summed E-state index contributed by atoms with van der Waals surface area (Å²) < 4.78 is 34.4. The molecular weight excluding hydrogens is 506 g/mol. The Hall–Kier alpha value is -3.50. The molecule has 2 heterocycles. The Kier molecular flexibility index (Phi) is 5.47. The number of rotatable bonds is 6. The molecule has 5 aromatic rings. The summed E-state index contributed by atoms with van der Waals surface area (Å²) in [4.78, 5) is 4.75. The predicted octanol–water partition coefficient (Wildman–Crippen LogP) is 5.02. The lowest BCUT2D eigenvalue weighted by Crippen LogP contribution is -2.05. The van der Waals surface area contributed by atoms with Crippen LogP contribution < -0.4 is 10.1 Å². The van der Waals surface area contributed by atoms with Crippen molar-refractivity contribution < 1.29 is 13.2 Å². The first kappa shape index (κ1) is 21.4. The number of anilines is 2. The molecule has 8 nitrogen and oxygen atoms in total. The minimum absolute atomic E-state index is 0.115. The van der Waals surface area contributed by atoms with Crippen molar-refractivity contribution in [2.75, 3.05) is 11.9 Å². The third-order valence-corrected chi connectivity index (χ3v) is 7.22. The second-order valence-corrected chi connectivity index (χ2v) is 9.93. The fourth-order valence-electron chi connectivity index (χ4n) is 3.48. The number of para-hydroxylation sites is 1. The van der Waals surface area contributed by atoms with Gasteiger partial charge < -0.3 is 10.1 Å². The third-order valence-electron chi connectivity index (χ3n) is 5.03. The summed E-state index contributed by atoms with van der Waals surface area (Å²) in [6.45, 7) is 2.51. The van der Waals surface area contributed by atoms with Crippen molar-refractivity contribution in [2.45, 2.75) is 16.8 Å². The Morgan fingerprint density at radius 1 is 1.00 bits per heavy atom. The minimum Gasteiger partial charge on any atom is -0.494 e. The highest BCUT2D eigenvalue weighted by atomic mass is 79.9. The van der Waals surface area contributed by atoms with E-state index in [2.05, 4.69) is 36.5 Å². The molecule has 0 aliphatic carbocycles. The fourth-order valence-corrected chi connectivity index (χ4v) is 4.98. The van der Waals surface area contributed by atoms with Crippen molar-refractivity contribution in [1.82, 2.24) is 19.8 Å². The van der Waals surface area contributed by atoms with Gasteiger partial charge in [-0.3, -0.25) is 0 Å². The quantitative estimate of drug-likeness (QED) is 0.333. The molecule has 0 unspecified atom stereocenters. The molecule has 0 spiro atoms. The number of hydrogen-bond acceptors (Lipinski definition) is 7. The van der Waals surface area contributed by atoms with Crippen molar-refractivity contribution >= 4 is 53.8 Å². The molecule has 0 aliphatic heterocycles. The number of halogens is 1. The SMILES string of the molecule is CCOc1ccc(Nc2nc3c(S(=O)(=O)c4ccc(Br)cc4)nnn3c3ccccc23)cc1. The van der Waals surface area contributed by atoms with E-state index in [0.29, 0.717) is 17.9 Å². The Bertz CT molecular complexity index is 1570. The molecule has 0 amide bonds. The Morgan fingerprint density at radius 3 is 2.45 bits per heavy atom. The van der Waals surface area contributed by atoms with Gasteiger partial charge in [-0.05, 0) is 67.6 Å². The van der Waals surface area contributed by atoms with Gasteiger partial charge in [-0.15, -0.1) is 5.10 Å². The Labute approximate surface area is 198 Å². The van der Waals surface area contributed by atoms with Gasteiger partial charge in [0.15, 0.2) is 5.65 Å². The number of benzene rings is 3. The van der Waals surface area contributed by atoms with Gasteiger partial charge in [0.05, 0.1) is 17.0 Å². The maximum Gasteiger partial charge on any atom is 0.229 e. The van der Waals surface area contributed by atoms with Crippen molar-refractivity contribution in [1.29, 1.82) is 0 Å². The summed E-state index contributed by atoms with van der Waals surface area (Å²) in [5.74, 6) is 1.26. The van der Waals surface area contributed by atoms with Crippen LogP contribution in [-0.4, -0.2) is 34.8 Å². The molecule has 2 aromatic heterocycles. The molecule has 3 aromatic carbocycles. The van der Waals surface area contributed by atoms with Gasteiger partial charge in [-0.1, -0.05) is 33.3 Å². The Balaban J connectivity index is 1.66. The monoisotopic (exact) mass is 523 g/mol. The summed E-state index contributed by atoms with van der Waals surface area (Å²) in [6.07, 6.45) is 0. The number of aromatic nitrogens is 4. The van der Waals surface area contributed by atoms with Crippen LogP contribution in [0.4, 0.5) is 11.5 Å². The molecule has 10 heteroatoms.